The lowest BCUT2D eigenvalue weighted by Gasteiger charge is -2.18. The normalized spacial score (nSPS) is 13.8. The number of hydrogen-bond donors (Lipinski definition) is 1. The van der Waals surface area contributed by atoms with E-state index in [9.17, 15) is 9.59 Å². The Balaban J connectivity index is 1.34. The summed E-state index contributed by atoms with van der Waals surface area (Å²) in [6.07, 6.45) is 4.85. The number of fused-ring (bicyclic) bond motifs is 1. The van der Waals surface area contributed by atoms with Crippen LogP contribution in [0.5, 0.6) is 0 Å². The van der Waals surface area contributed by atoms with Gasteiger partial charge in [-0.15, -0.1) is 10.2 Å². The van der Waals surface area contributed by atoms with Crippen LogP contribution in [-0.4, -0.2) is 39.3 Å². The lowest BCUT2D eigenvalue weighted by atomic mass is 9.98. The van der Waals surface area contributed by atoms with Gasteiger partial charge in [-0.25, -0.2) is 9.78 Å². The number of H-pyrrole nitrogens is 1. The molecule has 0 saturated heterocycles. The van der Waals surface area contributed by atoms with Crippen molar-refractivity contribution in [3.05, 3.63) is 117 Å². The van der Waals surface area contributed by atoms with Crippen LogP contribution in [0.1, 0.15) is 62.5 Å². The quantitative estimate of drug-likeness (QED) is 0.206. The van der Waals surface area contributed by atoms with E-state index in [4.69, 9.17) is 4.98 Å². The van der Waals surface area contributed by atoms with E-state index in [0.29, 0.717) is 36.0 Å². The number of imidazole rings is 1. The van der Waals surface area contributed by atoms with Gasteiger partial charge in [0.25, 0.3) is 5.56 Å². The lowest BCUT2D eigenvalue weighted by Crippen LogP contribution is -2.42. The van der Waals surface area contributed by atoms with Gasteiger partial charge in [-0.3, -0.25) is 13.9 Å². The molecule has 3 aromatic carbocycles. The van der Waals surface area contributed by atoms with E-state index in [1.807, 2.05) is 66.1 Å². The van der Waals surface area contributed by atoms with Crippen molar-refractivity contribution in [1.29, 1.82) is 0 Å². The molecule has 0 bridgehead atoms. The van der Waals surface area contributed by atoms with Crippen molar-refractivity contribution in [3.63, 3.8) is 0 Å². The topological polar surface area (TPSA) is 116 Å². The molecule has 3 heterocycles. The van der Waals surface area contributed by atoms with Crippen molar-refractivity contribution in [2.75, 3.05) is 0 Å². The number of tetrazole rings is 1. The van der Waals surface area contributed by atoms with E-state index < -0.39 is 6.04 Å². The second-order valence-corrected chi connectivity index (χ2v) is 12.0. The van der Waals surface area contributed by atoms with Crippen molar-refractivity contribution < 1.29 is 0 Å². The summed E-state index contributed by atoms with van der Waals surface area (Å²) in [4.78, 5) is 33.4. The molecule has 10 heteroatoms. The summed E-state index contributed by atoms with van der Waals surface area (Å²) >= 11 is 0. The molecule has 1 atom stereocenters. The van der Waals surface area contributed by atoms with E-state index in [0.717, 1.165) is 65.7 Å². The molecular weight excluding hydrogens is 564 g/mol. The van der Waals surface area contributed by atoms with E-state index in [1.165, 1.54) is 4.57 Å². The van der Waals surface area contributed by atoms with Crippen molar-refractivity contribution in [2.24, 2.45) is 5.92 Å². The molecule has 1 saturated carbocycles. The smallest absolute Gasteiger partial charge is 0.318 e. The standard InChI is InChI=1S/C35H36N8O2/c1-3-4-14-30-36-33-31(34(44)43(23(2)26-10-6-5-7-11-26)35(45)42(33)22-24-15-16-24)41(30)21-25-17-19-27(20-18-25)28-12-8-9-13-29(28)32-37-39-40-38-32/h5-13,17-20,23-24H,3-4,14-16,21-22H2,1-2H3,(H,37,38,39,40). The molecule has 1 aliphatic rings. The van der Waals surface area contributed by atoms with Gasteiger partial charge in [0.15, 0.2) is 11.2 Å². The molecule has 45 heavy (non-hydrogen) atoms. The average molecular weight is 601 g/mol. The van der Waals surface area contributed by atoms with Crippen LogP contribution in [0.4, 0.5) is 0 Å². The number of rotatable bonds is 11. The maximum Gasteiger partial charge on any atom is 0.333 e. The first-order valence-electron chi connectivity index (χ1n) is 15.7. The molecule has 0 spiro atoms. The van der Waals surface area contributed by atoms with Crippen molar-refractivity contribution in [3.8, 4) is 22.5 Å². The van der Waals surface area contributed by atoms with Crippen LogP contribution in [0, 0.1) is 5.92 Å². The molecular formula is C35H36N8O2. The fourth-order valence-electron chi connectivity index (χ4n) is 6.13. The van der Waals surface area contributed by atoms with Gasteiger partial charge in [0, 0.05) is 25.1 Å². The molecule has 1 fully saturated rings. The molecule has 228 valence electrons. The van der Waals surface area contributed by atoms with Crippen LogP contribution < -0.4 is 11.2 Å². The zero-order valence-electron chi connectivity index (χ0n) is 25.6. The highest BCUT2D eigenvalue weighted by Crippen LogP contribution is 2.32. The maximum absolute atomic E-state index is 14.4. The Kier molecular flexibility index (Phi) is 7.71. The van der Waals surface area contributed by atoms with Gasteiger partial charge in [-0.2, -0.15) is 5.21 Å². The number of aromatic amines is 1. The largest absolute Gasteiger partial charge is 0.333 e. The molecule has 1 unspecified atom stereocenters. The number of nitrogens with zero attached hydrogens (tertiary/aromatic N) is 7. The van der Waals surface area contributed by atoms with Crippen LogP contribution in [0.25, 0.3) is 33.7 Å². The summed E-state index contributed by atoms with van der Waals surface area (Å²) in [7, 11) is 0. The van der Waals surface area contributed by atoms with E-state index >= 15 is 0 Å². The third-order valence-electron chi connectivity index (χ3n) is 8.82. The first-order valence-corrected chi connectivity index (χ1v) is 15.7. The molecule has 0 amide bonds. The van der Waals surface area contributed by atoms with Crippen LogP contribution >= 0.6 is 0 Å². The molecule has 3 aromatic heterocycles. The highest BCUT2D eigenvalue weighted by Gasteiger charge is 2.29. The summed E-state index contributed by atoms with van der Waals surface area (Å²) < 4.78 is 5.24. The predicted octanol–water partition coefficient (Wildman–Crippen LogP) is 5.62. The Morgan fingerprint density at radius 2 is 1.64 bits per heavy atom. The lowest BCUT2D eigenvalue weighted by molar-refractivity contribution is 0.517. The van der Waals surface area contributed by atoms with E-state index in [1.54, 1.807) is 4.57 Å². The Labute approximate surface area is 260 Å². The molecule has 1 aliphatic carbocycles. The van der Waals surface area contributed by atoms with Crippen molar-refractivity contribution >= 4 is 11.2 Å². The fraction of sp³-hybridized carbons (Fsp3) is 0.314. The van der Waals surface area contributed by atoms with Crippen molar-refractivity contribution in [2.45, 2.75) is 65.1 Å². The number of nitrogens with one attached hydrogen (secondary N) is 1. The third kappa shape index (κ3) is 5.52. The summed E-state index contributed by atoms with van der Waals surface area (Å²) in [5, 5.41) is 14.6. The number of unbranched alkanes of at least 4 members (excludes halogenated alkanes) is 1. The first kappa shape index (κ1) is 28.6. The van der Waals surface area contributed by atoms with E-state index in [2.05, 4.69) is 51.8 Å². The summed E-state index contributed by atoms with van der Waals surface area (Å²) in [5.41, 5.74) is 5.30. The Morgan fingerprint density at radius 1 is 0.911 bits per heavy atom. The van der Waals surface area contributed by atoms with Gasteiger partial charge in [-0.05, 0) is 59.6 Å². The molecule has 6 aromatic rings. The highest BCUT2D eigenvalue weighted by molar-refractivity contribution is 5.80. The van der Waals surface area contributed by atoms with Gasteiger partial charge in [0.1, 0.15) is 5.82 Å². The summed E-state index contributed by atoms with van der Waals surface area (Å²) in [6.45, 7) is 5.12. The van der Waals surface area contributed by atoms with Gasteiger partial charge in [0.2, 0.25) is 5.82 Å². The molecule has 7 rings (SSSR count). The molecule has 1 N–H and O–H groups in total. The van der Waals surface area contributed by atoms with Crippen molar-refractivity contribution in [1.82, 2.24) is 39.3 Å². The molecule has 10 nitrogen and oxygen atoms in total. The predicted molar refractivity (Wildman–Crippen MR) is 174 cm³/mol. The fourth-order valence-corrected chi connectivity index (χ4v) is 6.13. The zero-order chi connectivity index (χ0) is 30.9. The van der Waals surface area contributed by atoms with Gasteiger partial charge < -0.3 is 4.57 Å². The minimum atomic E-state index is -0.415. The Bertz CT molecular complexity index is 2050. The number of aryl methyl sites for hydroxylation is 1. The second-order valence-electron chi connectivity index (χ2n) is 12.0. The van der Waals surface area contributed by atoms with Crippen LogP contribution in [0.15, 0.2) is 88.5 Å². The SMILES string of the molecule is CCCCc1nc2c(c(=O)n(C(C)c3ccccc3)c(=O)n2CC2CC2)n1Cc1ccc(-c2ccccc2-c2nn[nH]n2)cc1. The van der Waals surface area contributed by atoms with Crippen LogP contribution in [0.2, 0.25) is 0 Å². The van der Waals surface area contributed by atoms with Gasteiger partial charge in [-0.1, -0.05) is 92.2 Å². The van der Waals surface area contributed by atoms with Gasteiger partial charge >= 0.3 is 5.69 Å². The Morgan fingerprint density at radius 3 is 2.33 bits per heavy atom. The second kappa shape index (κ2) is 12.1. The van der Waals surface area contributed by atoms with Crippen LogP contribution in [-0.2, 0) is 19.5 Å². The minimum absolute atomic E-state index is 0.285. The minimum Gasteiger partial charge on any atom is -0.318 e. The molecule has 0 aliphatic heterocycles. The Hall–Kier alpha value is -5.12. The highest BCUT2D eigenvalue weighted by atomic mass is 16.2. The average Bonchev–Trinajstić information content (AvgIpc) is 3.58. The number of aromatic nitrogens is 8. The number of hydrogen-bond acceptors (Lipinski definition) is 6. The van der Waals surface area contributed by atoms with Crippen LogP contribution in [0.3, 0.4) is 0 Å². The third-order valence-corrected chi connectivity index (χ3v) is 8.82. The zero-order valence-corrected chi connectivity index (χ0v) is 25.6. The maximum atomic E-state index is 14.4. The summed E-state index contributed by atoms with van der Waals surface area (Å²) in [5.74, 6) is 1.82. The summed E-state index contributed by atoms with van der Waals surface area (Å²) in [6, 6.07) is 25.7. The monoisotopic (exact) mass is 600 g/mol. The number of benzene rings is 3. The van der Waals surface area contributed by atoms with E-state index in [-0.39, 0.29) is 11.2 Å². The first-order chi connectivity index (χ1) is 22.0. The molecule has 0 radical (unpaired) electrons. The van der Waals surface area contributed by atoms with Gasteiger partial charge in [0.05, 0.1) is 6.04 Å².